The predicted molar refractivity (Wildman–Crippen MR) is 82.1 cm³/mol. The second-order valence-corrected chi connectivity index (χ2v) is 5.53. The molecule has 6 heteroatoms. The first-order valence-electron chi connectivity index (χ1n) is 7.62. The third-order valence-electron chi connectivity index (χ3n) is 3.75. The van der Waals surface area contributed by atoms with Crippen molar-refractivity contribution in [2.24, 2.45) is 0 Å². The van der Waals surface area contributed by atoms with Crippen LogP contribution in [0.5, 0.6) is 0 Å². The molecule has 2 N–H and O–H groups in total. The second-order valence-electron chi connectivity index (χ2n) is 5.53. The molecular weight excluding hydrogens is 280 g/mol. The first-order chi connectivity index (χ1) is 10.7. The normalized spacial score (nSPS) is 21.0. The second kappa shape index (κ2) is 6.70. The van der Waals surface area contributed by atoms with Crippen LogP contribution in [0.1, 0.15) is 25.6 Å². The van der Waals surface area contributed by atoms with Gasteiger partial charge in [0.05, 0.1) is 6.10 Å². The third kappa shape index (κ3) is 3.51. The minimum Gasteiger partial charge on any atom is -0.365 e. The van der Waals surface area contributed by atoms with Gasteiger partial charge in [0, 0.05) is 18.5 Å². The fraction of sp³-hybridized carbons (Fsp3) is 0.438. The molecule has 0 unspecified atom stereocenters. The minimum atomic E-state index is -0.301. The maximum Gasteiger partial charge on any atom is 0.249 e. The van der Waals surface area contributed by atoms with Gasteiger partial charge in [0.15, 0.2) is 5.82 Å². The summed E-state index contributed by atoms with van der Waals surface area (Å²) in [6, 6.07) is 9.79. The van der Waals surface area contributed by atoms with Crippen LogP contribution in [-0.4, -0.2) is 39.8 Å². The summed E-state index contributed by atoms with van der Waals surface area (Å²) < 4.78 is 5.54. The largest absolute Gasteiger partial charge is 0.365 e. The molecule has 0 bridgehead atoms. The van der Waals surface area contributed by atoms with Crippen LogP contribution in [-0.2, 0) is 16.0 Å². The lowest BCUT2D eigenvalue weighted by molar-refractivity contribution is -0.131. The van der Waals surface area contributed by atoms with E-state index in [4.69, 9.17) is 4.74 Å². The summed E-state index contributed by atoms with van der Waals surface area (Å²) in [5, 5.41) is 10.00. The van der Waals surface area contributed by atoms with Crippen molar-refractivity contribution in [2.75, 3.05) is 6.54 Å². The predicted octanol–water partition coefficient (Wildman–Crippen LogP) is 1.70. The van der Waals surface area contributed by atoms with Crippen LogP contribution in [0.25, 0.3) is 11.4 Å². The number of ether oxygens (including phenoxy) is 1. The summed E-state index contributed by atoms with van der Waals surface area (Å²) in [6.07, 6.45) is 2.24. The molecule has 1 amide bonds. The number of hydrogen-bond donors (Lipinski definition) is 2. The van der Waals surface area contributed by atoms with Crippen LogP contribution in [0.2, 0.25) is 0 Å². The van der Waals surface area contributed by atoms with Crippen LogP contribution < -0.4 is 5.32 Å². The van der Waals surface area contributed by atoms with Gasteiger partial charge in [-0.15, -0.1) is 0 Å². The Morgan fingerprint density at radius 3 is 2.91 bits per heavy atom. The van der Waals surface area contributed by atoms with E-state index in [2.05, 4.69) is 20.5 Å². The summed E-state index contributed by atoms with van der Waals surface area (Å²) in [6.45, 7) is 2.52. The Kier molecular flexibility index (Phi) is 4.48. The lowest BCUT2D eigenvalue weighted by Crippen LogP contribution is -2.35. The fourth-order valence-corrected chi connectivity index (χ4v) is 2.54. The van der Waals surface area contributed by atoms with Crippen molar-refractivity contribution in [2.45, 2.75) is 38.4 Å². The molecule has 1 aromatic carbocycles. The van der Waals surface area contributed by atoms with Gasteiger partial charge < -0.3 is 10.1 Å². The zero-order valence-electron chi connectivity index (χ0n) is 12.6. The van der Waals surface area contributed by atoms with Crippen LogP contribution in [0.4, 0.5) is 0 Å². The molecule has 1 aromatic heterocycles. The smallest absolute Gasteiger partial charge is 0.249 e. The Labute approximate surface area is 129 Å². The van der Waals surface area contributed by atoms with Crippen molar-refractivity contribution < 1.29 is 9.53 Å². The highest BCUT2D eigenvalue weighted by atomic mass is 16.5. The van der Waals surface area contributed by atoms with E-state index in [1.54, 1.807) is 0 Å². The number of hydrogen-bond acceptors (Lipinski definition) is 4. The lowest BCUT2D eigenvalue weighted by Gasteiger charge is -2.10. The topological polar surface area (TPSA) is 79.9 Å². The maximum absolute atomic E-state index is 11.9. The molecule has 1 saturated heterocycles. The summed E-state index contributed by atoms with van der Waals surface area (Å²) in [4.78, 5) is 16.4. The van der Waals surface area contributed by atoms with Crippen LogP contribution >= 0.6 is 0 Å². The van der Waals surface area contributed by atoms with Crippen molar-refractivity contribution in [3.8, 4) is 11.4 Å². The van der Waals surface area contributed by atoms with E-state index in [1.807, 2.05) is 37.3 Å². The van der Waals surface area contributed by atoms with Crippen LogP contribution in [0.15, 0.2) is 30.3 Å². The van der Waals surface area contributed by atoms with Crippen molar-refractivity contribution in [3.05, 3.63) is 36.2 Å². The van der Waals surface area contributed by atoms with Crippen LogP contribution in [0.3, 0.4) is 0 Å². The molecule has 2 atom stereocenters. The lowest BCUT2D eigenvalue weighted by atomic mass is 10.2. The Morgan fingerprint density at radius 1 is 1.36 bits per heavy atom. The Bertz CT molecular complexity index is 626. The number of aromatic nitrogens is 3. The van der Waals surface area contributed by atoms with Gasteiger partial charge in [0.2, 0.25) is 5.91 Å². The van der Waals surface area contributed by atoms with Gasteiger partial charge in [0.1, 0.15) is 11.9 Å². The van der Waals surface area contributed by atoms with Crippen molar-refractivity contribution >= 4 is 5.91 Å². The van der Waals surface area contributed by atoms with Crippen molar-refractivity contribution in [1.82, 2.24) is 20.5 Å². The maximum atomic E-state index is 11.9. The van der Waals surface area contributed by atoms with E-state index in [0.717, 1.165) is 24.2 Å². The minimum absolute atomic E-state index is 0.0350. The Morgan fingerprint density at radius 2 is 2.18 bits per heavy atom. The molecule has 116 valence electrons. The summed E-state index contributed by atoms with van der Waals surface area (Å²) >= 11 is 0. The molecule has 0 saturated carbocycles. The average Bonchev–Trinajstić information content (AvgIpc) is 3.17. The number of carbonyl (C=O) groups excluding carboxylic acids is 1. The van der Waals surface area contributed by atoms with Crippen LogP contribution in [0, 0.1) is 0 Å². The monoisotopic (exact) mass is 300 g/mol. The van der Waals surface area contributed by atoms with Gasteiger partial charge in [0.25, 0.3) is 0 Å². The van der Waals surface area contributed by atoms with Gasteiger partial charge in [-0.1, -0.05) is 30.3 Å². The fourth-order valence-electron chi connectivity index (χ4n) is 2.54. The highest BCUT2D eigenvalue weighted by Crippen LogP contribution is 2.19. The zero-order valence-corrected chi connectivity index (χ0v) is 12.6. The zero-order chi connectivity index (χ0) is 15.4. The molecule has 0 aliphatic carbocycles. The number of benzene rings is 1. The van der Waals surface area contributed by atoms with Gasteiger partial charge in [-0.2, -0.15) is 5.10 Å². The summed E-state index contributed by atoms with van der Waals surface area (Å²) in [5.74, 6) is 1.40. The van der Waals surface area contributed by atoms with Gasteiger partial charge in [-0.05, 0) is 19.8 Å². The number of rotatable bonds is 5. The van der Waals surface area contributed by atoms with Gasteiger partial charge in [-0.25, -0.2) is 4.98 Å². The molecule has 22 heavy (non-hydrogen) atoms. The first-order valence-corrected chi connectivity index (χ1v) is 7.62. The molecule has 1 fully saturated rings. The van der Waals surface area contributed by atoms with Crippen molar-refractivity contribution in [1.29, 1.82) is 0 Å². The van der Waals surface area contributed by atoms with E-state index >= 15 is 0 Å². The number of carbonyl (C=O) groups is 1. The first kappa shape index (κ1) is 14.7. The summed E-state index contributed by atoms with van der Waals surface area (Å²) in [5.41, 5.74) is 0.974. The molecule has 0 radical (unpaired) electrons. The Balaban J connectivity index is 1.48. The SMILES string of the molecule is C[C@@H]1CC[C@H](C(=O)NCCc2nc(-c3ccccc3)n[nH]2)O1. The van der Waals surface area contributed by atoms with E-state index in [1.165, 1.54) is 0 Å². The average molecular weight is 300 g/mol. The highest BCUT2D eigenvalue weighted by Gasteiger charge is 2.27. The van der Waals surface area contributed by atoms with Gasteiger partial charge >= 0.3 is 0 Å². The van der Waals surface area contributed by atoms with Gasteiger partial charge in [-0.3, -0.25) is 9.89 Å². The molecule has 2 aromatic rings. The third-order valence-corrected chi connectivity index (χ3v) is 3.75. The molecule has 6 nitrogen and oxygen atoms in total. The van der Waals surface area contributed by atoms with E-state index < -0.39 is 0 Å². The quantitative estimate of drug-likeness (QED) is 0.880. The van der Waals surface area contributed by atoms with E-state index in [0.29, 0.717) is 18.8 Å². The molecule has 2 heterocycles. The number of H-pyrrole nitrogens is 1. The number of aromatic amines is 1. The standard InChI is InChI=1S/C16H20N4O2/c1-11-7-8-13(22-11)16(21)17-10-9-14-18-15(20-19-14)12-5-3-2-4-6-12/h2-6,11,13H,7-10H2,1H3,(H,17,21)(H,18,19,20)/t11-,13-/m1/s1. The Hall–Kier alpha value is -2.21. The van der Waals surface area contributed by atoms with E-state index in [9.17, 15) is 4.79 Å². The molecular formula is C16H20N4O2. The highest BCUT2D eigenvalue weighted by molar-refractivity contribution is 5.81. The number of nitrogens with zero attached hydrogens (tertiary/aromatic N) is 2. The number of nitrogens with one attached hydrogen (secondary N) is 2. The molecule has 1 aliphatic heterocycles. The van der Waals surface area contributed by atoms with E-state index in [-0.39, 0.29) is 18.1 Å². The molecule has 0 spiro atoms. The molecule has 3 rings (SSSR count). The summed E-state index contributed by atoms with van der Waals surface area (Å²) in [7, 11) is 0. The molecule has 1 aliphatic rings. The van der Waals surface area contributed by atoms with Crippen molar-refractivity contribution in [3.63, 3.8) is 0 Å². The number of amides is 1.